The van der Waals surface area contributed by atoms with E-state index in [1.807, 2.05) is 0 Å². The average Bonchev–Trinajstić information content (AvgIpc) is 3.00. The molecule has 0 aromatic rings. The van der Waals surface area contributed by atoms with E-state index in [2.05, 4.69) is 17.6 Å². The van der Waals surface area contributed by atoms with Crippen LogP contribution in [-0.2, 0) is 9.59 Å². The van der Waals surface area contributed by atoms with Crippen molar-refractivity contribution in [1.29, 1.82) is 0 Å². The lowest BCUT2D eigenvalue weighted by Crippen LogP contribution is -2.76. The Morgan fingerprint density at radius 3 is 2.43 bits per heavy atom. The van der Waals surface area contributed by atoms with E-state index in [1.165, 1.54) is 0 Å². The summed E-state index contributed by atoms with van der Waals surface area (Å²) in [5.41, 5.74) is -1.78. The molecule has 0 radical (unpaired) electrons. The summed E-state index contributed by atoms with van der Waals surface area (Å²) in [5.74, 6) is -0.149. The van der Waals surface area contributed by atoms with Gasteiger partial charge in [-0.2, -0.15) is 0 Å². The number of unbranched alkanes of at least 4 members (excludes halogenated alkanes) is 1. The molecule has 1 aliphatic carbocycles. The molecule has 6 heteroatoms. The predicted molar refractivity (Wildman–Crippen MR) is 86.8 cm³/mol. The van der Waals surface area contributed by atoms with Gasteiger partial charge in [0.2, 0.25) is 11.8 Å². The van der Waals surface area contributed by atoms with Crippen molar-refractivity contribution in [2.75, 3.05) is 19.6 Å². The van der Waals surface area contributed by atoms with E-state index in [1.54, 1.807) is 4.90 Å². The first kappa shape index (κ1) is 16.7. The molecule has 2 aliphatic heterocycles. The van der Waals surface area contributed by atoms with Crippen molar-refractivity contribution in [3.05, 3.63) is 0 Å². The molecule has 3 N–H and O–H groups in total. The zero-order chi connectivity index (χ0) is 16.5. The molecule has 2 amide bonds. The third-order valence-corrected chi connectivity index (χ3v) is 5.90. The first-order valence-corrected chi connectivity index (χ1v) is 9.09. The van der Waals surface area contributed by atoms with Gasteiger partial charge in [-0.05, 0) is 45.2 Å². The van der Waals surface area contributed by atoms with Crippen LogP contribution in [0.25, 0.3) is 0 Å². The second-order valence-corrected chi connectivity index (χ2v) is 7.34. The second-order valence-electron chi connectivity index (χ2n) is 7.34. The van der Waals surface area contributed by atoms with Gasteiger partial charge < -0.3 is 20.6 Å². The topological polar surface area (TPSA) is 81.7 Å². The number of nitrogens with one attached hydrogen (secondary N) is 2. The number of piperidine rings is 1. The number of rotatable bonds is 4. The molecule has 0 aromatic carbocycles. The van der Waals surface area contributed by atoms with E-state index in [9.17, 15) is 14.7 Å². The van der Waals surface area contributed by atoms with Crippen molar-refractivity contribution in [1.82, 2.24) is 15.5 Å². The quantitative estimate of drug-likeness (QED) is 0.705. The third-order valence-electron chi connectivity index (χ3n) is 5.90. The van der Waals surface area contributed by atoms with E-state index < -0.39 is 17.2 Å². The van der Waals surface area contributed by atoms with Crippen LogP contribution in [0.5, 0.6) is 0 Å². The zero-order valence-electron chi connectivity index (χ0n) is 14.1. The van der Waals surface area contributed by atoms with Crippen LogP contribution in [0.3, 0.4) is 0 Å². The van der Waals surface area contributed by atoms with Crippen LogP contribution in [0.1, 0.15) is 58.3 Å². The van der Waals surface area contributed by atoms with Gasteiger partial charge in [0.05, 0.1) is 5.60 Å². The SMILES string of the molecule is CCCCN1C(=O)C(C2(O)CCCC2)NC(=O)C12CCNCC2. The van der Waals surface area contributed by atoms with Gasteiger partial charge in [0.15, 0.2) is 0 Å². The molecule has 1 spiro atoms. The molecule has 0 aromatic heterocycles. The molecule has 1 atom stereocenters. The van der Waals surface area contributed by atoms with Crippen LogP contribution < -0.4 is 10.6 Å². The minimum absolute atomic E-state index is 0.0694. The summed E-state index contributed by atoms with van der Waals surface area (Å²) in [6, 6.07) is -0.769. The lowest BCUT2D eigenvalue weighted by Gasteiger charge is -2.52. The number of nitrogens with zero attached hydrogens (tertiary/aromatic N) is 1. The first-order valence-electron chi connectivity index (χ1n) is 9.09. The summed E-state index contributed by atoms with van der Waals surface area (Å²) in [6.07, 6.45) is 6.20. The van der Waals surface area contributed by atoms with Gasteiger partial charge in [0.25, 0.3) is 0 Å². The summed E-state index contributed by atoms with van der Waals surface area (Å²) in [4.78, 5) is 27.9. The lowest BCUT2D eigenvalue weighted by atomic mass is 9.79. The lowest BCUT2D eigenvalue weighted by molar-refractivity contribution is -0.167. The number of hydrogen-bond donors (Lipinski definition) is 3. The molecule has 6 nitrogen and oxygen atoms in total. The number of hydrogen-bond acceptors (Lipinski definition) is 4. The van der Waals surface area contributed by atoms with Crippen LogP contribution in [-0.4, -0.2) is 58.6 Å². The summed E-state index contributed by atoms with van der Waals surface area (Å²) < 4.78 is 0. The standard InChI is InChI=1S/C17H29N3O3/c1-2-3-12-20-14(21)13(17(23)6-4-5-7-17)19-15(22)16(20)8-10-18-11-9-16/h13,18,23H,2-12H2,1H3,(H,19,22). The molecule has 2 heterocycles. The fraction of sp³-hybridized carbons (Fsp3) is 0.882. The van der Waals surface area contributed by atoms with Crippen LogP contribution >= 0.6 is 0 Å². The van der Waals surface area contributed by atoms with Crippen molar-refractivity contribution >= 4 is 11.8 Å². The van der Waals surface area contributed by atoms with Gasteiger partial charge in [-0.25, -0.2) is 0 Å². The van der Waals surface area contributed by atoms with Crippen LogP contribution in [0.15, 0.2) is 0 Å². The highest BCUT2D eigenvalue weighted by Gasteiger charge is 2.57. The van der Waals surface area contributed by atoms with Gasteiger partial charge in [0.1, 0.15) is 11.6 Å². The van der Waals surface area contributed by atoms with Crippen molar-refractivity contribution in [2.45, 2.75) is 75.5 Å². The molecule has 1 unspecified atom stereocenters. The van der Waals surface area contributed by atoms with Crippen LogP contribution in [0.2, 0.25) is 0 Å². The van der Waals surface area contributed by atoms with Crippen LogP contribution in [0, 0.1) is 0 Å². The van der Waals surface area contributed by atoms with Crippen molar-refractivity contribution < 1.29 is 14.7 Å². The van der Waals surface area contributed by atoms with E-state index in [0.29, 0.717) is 32.2 Å². The zero-order valence-corrected chi connectivity index (χ0v) is 14.1. The van der Waals surface area contributed by atoms with Crippen molar-refractivity contribution in [3.8, 4) is 0 Å². The van der Waals surface area contributed by atoms with E-state index in [-0.39, 0.29) is 11.8 Å². The summed E-state index contributed by atoms with van der Waals surface area (Å²) in [6.45, 7) is 4.19. The van der Waals surface area contributed by atoms with Gasteiger partial charge in [-0.15, -0.1) is 0 Å². The highest BCUT2D eigenvalue weighted by Crippen LogP contribution is 2.38. The number of carbonyl (C=O) groups excluding carboxylic acids is 2. The van der Waals surface area contributed by atoms with E-state index in [4.69, 9.17) is 0 Å². The Morgan fingerprint density at radius 1 is 1.17 bits per heavy atom. The molecule has 2 saturated heterocycles. The van der Waals surface area contributed by atoms with Gasteiger partial charge in [0, 0.05) is 6.54 Å². The number of amides is 2. The minimum atomic E-state index is -1.06. The molecule has 3 fully saturated rings. The predicted octanol–water partition coefficient (Wildman–Crippen LogP) is 0.541. The van der Waals surface area contributed by atoms with E-state index >= 15 is 0 Å². The number of aliphatic hydroxyl groups is 1. The summed E-state index contributed by atoms with van der Waals surface area (Å²) in [5, 5.41) is 17.0. The van der Waals surface area contributed by atoms with Crippen molar-refractivity contribution in [3.63, 3.8) is 0 Å². The Balaban J connectivity index is 1.89. The Hall–Kier alpha value is -1.14. The summed E-state index contributed by atoms with van der Waals surface area (Å²) in [7, 11) is 0. The minimum Gasteiger partial charge on any atom is -0.387 e. The molecular formula is C17H29N3O3. The molecule has 0 bridgehead atoms. The Bertz CT molecular complexity index is 468. The number of carbonyl (C=O) groups is 2. The van der Waals surface area contributed by atoms with Gasteiger partial charge in [-0.1, -0.05) is 26.2 Å². The molecule has 1 saturated carbocycles. The smallest absolute Gasteiger partial charge is 0.249 e. The highest BCUT2D eigenvalue weighted by atomic mass is 16.3. The maximum Gasteiger partial charge on any atom is 0.249 e. The molecule has 3 rings (SSSR count). The van der Waals surface area contributed by atoms with E-state index in [0.717, 1.165) is 38.8 Å². The average molecular weight is 323 g/mol. The second kappa shape index (κ2) is 6.40. The molecular weight excluding hydrogens is 294 g/mol. The largest absolute Gasteiger partial charge is 0.387 e. The Labute approximate surface area is 138 Å². The molecule has 3 aliphatic rings. The van der Waals surface area contributed by atoms with Gasteiger partial charge in [-0.3, -0.25) is 9.59 Å². The molecule has 23 heavy (non-hydrogen) atoms. The highest BCUT2D eigenvalue weighted by molar-refractivity contribution is 6.00. The normalized spacial score (nSPS) is 29.8. The first-order chi connectivity index (χ1) is 11.0. The molecule has 130 valence electrons. The van der Waals surface area contributed by atoms with Gasteiger partial charge >= 0.3 is 0 Å². The maximum atomic E-state index is 13.2. The number of piperazine rings is 1. The van der Waals surface area contributed by atoms with Crippen molar-refractivity contribution in [2.24, 2.45) is 0 Å². The third kappa shape index (κ3) is 2.76. The monoisotopic (exact) mass is 323 g/mol. The Kier molecular flexibility index (Phi) is 4.65. The Morgan fingerprint density at radius 2 is 1.83 bits per heavy atom. The maximum absolute atomic E-state index is 13.2. The van der Waals surface area contributed by atoms with Crippen LogP contribution in [0.4, 0.5) is 0 Å². The fourth-order valence-corrected chi connectivity index (χ4v) is 4.43. The fourth-order valence-electron chi connectivity index (χ4n) is 4.43. The summed E-state index contributed by atoms with van der Waals surface area (Å²) >= 11 is 0.